The number of methoxy groups -OCH3 is 1. The number of nitriles is 1. The highest BCUT2D eigenvalue weighted by molar-refractivity contribution is 5.69. The molecule has 84 valence electrons. The van der Waals surface area contributed by atoms with Gasteiger partial charge in [-0.3, -0.25) is 4.79 Å². The largest absolute Gasteiger partial charge is 0.469 e. The van der Waals surface area contributed by atoms with Gasteiger partial charge >= 0.3 is 5.97 Å². The van der Waals surface area contributed by atoms with E-state index in [0.29, 0.717) is 12.0 Å². The monoisotopic (exact) mass is 217 g/mol. The Bertz CT molecular complexity index is 407. The first-order chi connectivity index (χ1) is 7.65. The number of nitrogens with zero attached hydrogens (tertiary/aromatic N) is 1. The van der Waals surface area contributed by atoms with E-state index in [4.69, 9.17) is 5.26 Å². The van der Waals surface area contributed by atoms with E-state index in [1.165, 1.54) is 7.11 Å². The van der Waals surface area contributed by atoms with Gasteiger partial charge in [-0.25, -0.2) is 0 Å². The summed E-state index contributed by atoms with van der Waals surface area (Å²) in [4.78, 5) is 11.1. The molecule has 0 bridgehead atoms. The Morgan fingerprint density at radius 2 is 2.31 bits per heavy atom. The van der Waals surface area contributed by atoms with E-state index in [9.17, 15) is 4.79 Å². The van der Waals surface area contributed by atoms with E-state index in [-0.39, 0.29) is 11.9 Å². The van der Waals surface area contributed by atoms with Gasteiger partial charge < -0.3 is 4.74 Å². The average molecular weight is 217 g/mol. The highest BCUT2D eigenvalue weighted by Crippen LogP contribution is 2.13. The van der Waals surface area contributed by atoms with Crippen LogP contribution in [0.4, 0.5) is 0 Å². The molecule has 3 nitrogen and oxygen atoms in total. The lowest BCUT2D eigenvalue weighted by Gasteiger charge is -2.09. The van der Waals surface area contributed by atoms with E-state index in [0.717, 1.165) is 12.0 Å². The van der Waals surface area contributed by atoms with Crippen molar-refractivity contribution >= 4 is 5.97 Å². The summed E-state index contributed by atoms with van der Waals surface area (Å²) in [6.07, 6.45) is 1.19. The molecule has 0 fully saturated rings. The molecule has 1 rings (SSSR count). The lowest BCUT2D eigenvalue weighted by molar-refractivity contribution is -0.141. The summed E-state index contributed by atoms with van der Waals surface area (Å²) in [6, 6.07) is 9.55. The Labute approximate surface area is 95.7 Å². The fourth-order valence-electron chi connectivity index (χ4n) is 1.61. The molecule has 0 unspecified atom stereocenters. The first-order valence-corrected chi connectivity index (χ1v) is 5.21. The van der Waals surface area contributed by atoms with Crippen LogP contribution in [0, 0.1) is 17.2 Å². The molecule has 0 spiro atoms. The van der Waals surface area contributed by atoms with Crippen LogP contribution in [-0.2, 0) is 16.0 Å². The molecule has 0 aromatic heterocycles. The zero-order chi connectivity index (χ0) is 12.0. The second-order valence-electron chi connectivity index (χ2n) is 3.90. The second kappa shape index (κ2) is 5.92. The highest BCUT2D eigenvalue weighted by atomic mass is 16.5. The Balaban J connectivity index is 2.59. The smallest absolute Gasteiger partial charge is 0.305 e. The summed E-state index contributed by atoms with van der Waals surface area (Å²) in [5, 5.41) is 8.76. The summed E-state index contributed by atoms with van der Waals surface area (Å²) in [5.74, 6) is 0.0327. The summed E-state index contributed by atoms with van der Waals surface area (Å²) >= 11 is 0. The average Bonchev–Trinajstić information content (AvgIpc) is 2.28. The summed E-state index contributed by atoms with van der Waals surface area (Å²) in [6.45, 7) is 2.00. The third-order valence-electron chi connectivity index (χ3n) is 2.38. The lowest BCUT2D eigenvalue weighted by atomic mass is 9.97. The minimum absolute atomic E-state index is 0.191. The van der Waals surface area contributed by atoms with E-state index in [2.05, 4.69) is 10.8 Å². The highest BCUT2D eigenvalue weighted by Gasteiger charge is 2.10. The van der Waals surface area contributed by atoms with Crippen LogP contribution in [0.3, 0.4) is 0 Å². The Morgan fingerprint density at radius 1 is 1.56 bits per heavy atom. The van der Waals surface area contributed by atoms with Crippen molar-refractivity contribution in [3.05, 3.63) is 35.4 Å². The Hall–Kier alpha value is -1.82. The van der Waals surface area contributed by atoms with Crippen molar-refractivity contribution in [2.45, 2.75) is 19.8 Å². The standard InChI is InChI=1S/C13H15NO2/c1-10(7-13(15)16-2)6-11-4-3-5-12(8-11)9-14/h3-5,8,10H,6-7H2,1-2H3/t10-/m1/s1. The molecule has 1 aromatic rings. The van der Waals surface area contributed by atoms with Gasteiger partial charge in [0.1, 0.15) is 0 Å². The molecule has 0 radical (unpaired) electrons. The van der Waals surface area contributed by atoms with Crippen molar-refractivity contribution in [2.24, 2.45) is 5.92 Å². The van der Waals surface area contributed by atoms with Crippen LogP contribution in [0.2, 0.25) is 0 Å². The van der Waals surface area contributed by atoms with Crippen LogP contribution in [0.15, 0.2) is 24.3 Å². The van der Waals surface area contributed by atoms with Gasteiger partial charge in [-0.2, -0.15) is 5.26 Å². The van der Waals surface area contributed by atoms with Crippen molar-refractivity contribution in [2.75, 3.05) is 7.11 Å². The van der Waals surface area contributed by atoms with Crippen LogP contribution in [-0.4, -0.2) is 13.1 Å². The van der Waals surface area contributed by atoms with Crippen LogP contribution in [0.1, 0.15) is 24.5 Å². The molecule has 1 aromatic carbocycles. The van der Waals surface area contributed by atoms with Crippen LogP contribution < -0.4 is 0 Å². The molecule has 0 saturated heterocycles. The quantitative estimate of drug-likeness (QED) is 0.727. The van der Waals surface area contributed by atoms with E-state index >= 15 is 0 Å². The van der Waals surface area contributed by atoms with Gasteiger partial charge in [-0.15, -0.1) is 0 Å². The molecular formula is C13H15NO2. The van der Waals surface area contributed by atoms with Crippen molar-refractivity contribution in [3.63, 3.8) is 0 Å². The van der Waals surface area contributed by atoms with Crippen LogP contribution >= 0.6 is 0 Å². The van der Waals surface area contributed by atoms with Gasteiger partial charge in [0, 0.05) is 6.42 Å². The van der Waals surface area contributed by atoms with Crippen molar-refractivity contribution in [1.82, 2.24) is 0 Å². The maximum atomic E-state index is 11.1. The van der Waals surface area contributed by atoms with Gasteiger partial charge in [-0.05, 0) is 30.0 Å². The zero-order valence-corrected chi connectivity index (χ0v) is 9.56. The minimum atomic E-state index is -0.191. The predicted octanol–water partition coefficient (Wildman–Crippen LogP) is 2.30. The third-order valence-corrected chi connectivity index (χ3v) is 2.38. The normalized spacial score (nSPS) is 11.6. The summed E-state index contributed by atoms with van der Waals surface area (Å²) < 4.78 is 4.61. The van der Waals surface area contributed by atoms with Crippen molar-refractivity contribution < 1.29 is 9.53 Å². The number of rotatable bonds is 4. The lowest BCUT2D eigenvalue weighted by Crippen LogP contribution is -2.09. The first kappa shape index (κ1) is 12.3. The molecule has 16 heavy (non-hydrogen) atoms. The number of carbonyl (C=O) groups excluding carboxylic acids is 1. The molecule has 1 atom stereocenters. The maximum Gasteiger partial charge on any atom is 0.305 e. The summed E-state index contributed by atoms with van der Waals surface area (Å²) in [5.41, 5.74) is 1.73. The number of ether oxygens (including phenoxy) is 1. The molecule has 0 N–H and O–H groups in total. The molecule has 0 aliphatic carbocycles. The van der Waals surface area contributed by atoms with Crippen LogP contribution in [0.5, 0.6) is 0 Å². The number of esters is 1. The Morgan fingerprint density at radius 3 is 2.94 bits per heavy atom. The molecule has 0 aliphatic heterocycles. The number of benzene rings is 1. The van der Waals surface area contributed by atoms with Crippen molar-refractivity contribution in [1.29, 1.82) is 5.26 Å². The third kappa shape index (κ3) is 3.74. The molecular weight excluding hydrogens is 202 g/mol. The second-order valence-corrected chi connectivity index (χ2v) is 3.90. The number of hydrogen-bond donors (Lipinski definition) is 0. The Kier molecular flexibility index (Phi) is 4.53. The molecule has 0 saturated carbocycles. The van der Waals surface area contributed by atoms with Gasteiger partial charge in [-0.1, -0.05) is 19.1 Å². The first-order valence-electron chi connectivity index (χ1n) is 5.21. The molecule has 0 amide bonds. The van der Waals surface area contributed by atoms with E-state index < -0.39 is 0 Å². The SMILES string of the molecule is COC(=O)C[C@H](C)Cc1cccc(C#N)c1. The fraction of sp³-hybridized carbons (Fsp3) is 0.385. The summed E-state index contributed by atoms with van der Waals surface area (Å²) in [7, 11) is 1.39. The molecule has 0 heterocycles. The predicted molar refractivity (Wildman–Crippen MR) is 60.7 cm³/mol. The topological polar surface area (TPSA) is 50.1 Å². The van der Waals surface area contributed by atoms with Crippen LogP contribution in [0.25, 0.3) is 0 Å². The number of hydrogen-bond acceptors (Lipinski definition) is 3. The van der Waals surface area contributed by atoms with E-state index in [1.54, 1.807) is 6.07 Å². The minimum Gasteiger partial charge on any atom is -0.469 e. The van der Waals surface area contributed by atoms with Gasteiger partial charge in [0.2, 0.25) is 0 Å². The molecule has 0 aliphatic rings. The zero-order valence-electron chi connectivity index (χ0n) is 9.56. The van der Waals surface area contributed by atoms with Gasteiger partial charge in [0.05, 0.1) is 18.7 Å². The molecule has 3 heteroatoms. The van der Waals surface area contributed by atoms with Crippen molar-refractivity contribution in [3.8, 4) is 6.07 Å². The number of carbonyl (C=O) groups is 1. The van der Waals surface area contributed by atoms with Gasteiger partial charge in [0.15, 0.2) is 0 Å². The fourth-order valence-corrected chi connectivity index (χ4v) is 1.61. The van der Waals surface area contributed by atoms with Gasteiger partial charge in [0.25, 0.3) is 0 Å². The van der Waals surface area contributed by atoms with E-state index in [1.807, 2.05) is 25.1 Å². The maximum absolute atomic E-state index is 11.1.